The number of rotatable bonds is 4. The number of furan rings is 3. The molecular weight excluding hydrogens is 566 g/mol. The third-order valence-corrected chi connectivity index (χ3v) is 9.13. The highest BCUT2D eigenvalue weighted by Gasteiger charge is 2.25. The molecule has 3 aromatic heterocycles. The van der Waals surface area contributed by atoms with Gasteiger partial charge in [0.2, 0.25) is 0 Å². The Kier molecular flexibility index (Phi) is 5.25. The van der Waals surface area contributed by atoms with Gasteiger partial charge in [-0.05, 0) is 82.9 Å². The fourth-order valence-corrected chi connectivity index (χ4v) is 7.14. The van der Waals surface area contributed by atoms with Gasteiger partial charge in [0.15, 0.2) is 0 Å². The lowest BCUT2D eigenvalue weighted by Crippen LogP contribution is -2.11. The quantitative estimate of drug-likeness (QED) is 0.191. The zero-order chi connectivity index (χ0) is 30.2. The van der Waals surface area contributed by atoms with Crippen molar-refractivity contribution in [2.45, 2.75) is 0 Å². The first-order valence-corrected chi connectivity index (χ1v) is 15.4. The molecule has 0 atom stereocenters. The molecule has 0 fully saturated rings. The summed E-state index contributed by atoms with van der Waals surface area (Å²) < 4.78 is 18.7. The fourth-order valence-electron chi connectivity index (χ4n) is 7.14. The Morgan fingerprint density at radius 1 is 0.391 bits per heavy atom. The molecule has 216 valence electrons. The number of hydrogen-bond donors (Lipinski definition) is 0. The average molecular weight is 592 g/mol. The third-order valence-electron chi connectivity index (χ3n) is 9.13. The van der Waals surface area contributed by atoms with Crippen LogP contribution in [0.5, 0.6) is 0 Å². The maximum Gasteiger partial charge on any atom is 0.137 e. The second kappa shape index (κ2) is 9.62. The average Bonchev–Trinajstić information content (AvgIpc) is 3.86. The molecule has 0 saturated heterocycles. The molecule has 0 spiro atoms. The Bertz CT molecular complexity index is 2770. The zero-order valence-corrected chi connectivity index (χ0v) is 24.6. The van der Waals surface area contributed by atoms with E-state index in [-0.39, 0.29) is 0 Å². The van der Waals surface area contributed by atoms with E-state index >= 15 is 0 Å². The van der Waals surface area contributed by atoms with Crippen LogP contribution in [-0.4, -0.2) is 0 Å². The summed E-state index contributed by atoms with van der Waals surface area (Å²) in [6, 6.07) is 50.7. The van der Waals surface area contributed by atoms with E-state index in [1.807, 2.05) is 30.3 Å². The van der Waals surface area contributed by atoms with Crippen LogP contribution in [0.4, 0.5) is 17.1 Å². The SMILES string of the molecule is c1coc(-c2ccc3oc4cccc(N(c5cc6ccccc6c6ccccc56)c5cccc6oc7ccccc7c56)c4c3c2)c1. The molecule has 0 unspecified atom stereocenters. The first-order chi connectivity index (χ1) is 22.8. The van der Waals surface area contributed by atoms with Crippen molar-refractivity contribution in [2.75, 3.05) is 4.90 Å². The molecule has 0 N–H and O–H groups in total. The van der Waals surface area contributed by atoms with Crippen molar-refractivity contribution in [3.63, 3.8) is 0 Å². The van der Waals surface area contributed by atoms with E-state index in [2.05, 4.69) is 120 Å². The second-order valence-electron chi connectivity index (χ2n) is 11.7. The van der Waals surface area contributed by atoms with Crippen molar-refractivity contribution in [1.82, 2.24) is 0 Å². The van der Waals surface area contributed by atoms with Crippen molar-refractivity contribution in [1.29, 1.82) is 0 Å². The van der Waals surface area contributed by atoms with Gasteiger partial charge in [0.05, 0.1) is 34.1 Å². The van der Waals surface area contributed by atoms with Gasteiger partial charge in [0.25, 0.3) is 0 Å². The lowest BCUT2D eigenvalue weighted by atomic mass is 9.98. The van der Waals surface area contributed by atoms with E-state index in [0.29, 0.717) is 0 Å². The molecule has 46 heavy (non-hydrogen) atoms. The van der Waals surface area contributed by atoms with Gasteiger partial charge in [-0.25, -0.2) is 0 Å². The number of hydrogen-bond acceptors (Lipinski definition) is 4. The maximum atomic E-state index is 6.51. The summed E-state index contributed by atoms with van der Waals surface area (Å²) in [4.78, 5) is 2.40. The van der Waals surface area contributed by atoms with Gasteiger partial charge in [-0.2, -0.15) is 0 Å². The Hall–Kier alpha value is -6.26. The minimum atomic E-state index is 0.820. The Morgan fingerprint density at radius 2 is 1.02 bits per heavy atom. The maximum absolute atomic E-state index is 6.51. The van der Waals surface area contributed by atoms with Crippen molar-refractivity contribution in [2.24, 2.45) is 0 Å². The molecule has 0 aliphatic carbocycles. The van der Waals surface area contributed by atoms with Crippen LogP contribution in [0.2, 0.25) is 0 Å². The van der Waals surface area contributed by atoms with Gasteiger partial charge in [0, 0.05) is 21.7 Å². The molecule has 0 saturated carbocycles. The molecule has 4 nitrogen and oxygen atoms in total. The van der Waals surface area contributed by atoms with E-state index in [9.17, 15) is 0 Å². The van der Waals surface area contributed by atoms with Crippen LogP contribution in [0.3, 0.4) is 0 Å². The summed E-state index contributed by atoms with van der Waals surface area (Å²) in [7, 11) is 0. The lowest BCUT2D eigenvalue weighted by Gasteiger charge is -2.29. The number of para-hydroxylation sites is 1. The number of fused-ring (bicyclic) bond motifs is 9. The molecule has 10 rings (SSSR count). The molecule has 0 bridgehead atoms. The van der Waals surface area contributed by atoms with E-state index in [4.69, 9.17) is 13.3 Å². The van der Waals surface area contributed by atoms with Crippen LogP contribution >= 0.6 is 0 Å². The molecule has 0 amide bonds. The minimum absolute atomic E-state index is 0.820. The molecule has 0 aliphatic rings. The van der Waals surface area contributed by atoms with Crippen LogP contribution < -0.4 is 4.90 Å². The normalized spacial score (nSPS) is 11.9. The molecular formula is C42H25NO3. The predicted octanol–water partition coefficient (Wildman–Crippen LogP) is 12.5. The van der Waals surface area contributed by atoms with Crippen LogP contribution in [0, 0.1) is 0 Å². The second-order valence-corrected chi connectivity index (χ2v) is 11.7. The first-order valence-electron chi connectivity index (χ1n) is 15.4. The Balaban J connectivity index is 1.37. The largest absolute Gasteiger partial charge is 0.464 e. The van der Waals surface area contributed by atoms with Gasteiger partial charge in [-0.15, -0.1) is 0 Å². The summed E-state index contributed by atoms with van der Waals surface area (Å²) >= 11 is 0. The standard InChI is InChI=1S/C42H25NO3/c1-2-11-28-26(10-1)25-35(30-13-4-3-12-29(28)30)43(33-15-7-18-39-41(33)31-14-5-6-17-37(31)45-39)34-16-8-19-40-42(34)32-24-27(21-22-38(32)46-40)36-20-9-23-44-36/h1-25H. The Labute approximate surface area is 263 Å². The van der Waals surface area contributed by atoms with E-state index in [0.717, 1.165) is 77.6 Å². The van der Waals surface area contributed by atoms with Crippen molar-refractivity contribution < 1.29 is 13.3 Å². The smallest absolute Gasteiger partial charge is 0.137 e. The van der Waals surface area contributed by atoms with Gasteiger partial charge in [-0.1, -0.05) is 78.9 Å². The fraction of sp³-hybridized carbons (Fsp3) is 0. The number of anilines is 3. The number of benzene rings is 7. The molecule has 0 aliphatic heterocycles. The molecule has 4 heteroatoms. The van der Waals surface area contributed by atoms with Crippen LogP contribution in [0.1, 0.15) is 0 Å². The zero-order valence-electron chi connectivity index (χ0n) is 24.6. The van der Waals surface area contributed by atoms with Gasteiger partial charge >= 0.3 is 0 Å². The van der Waals surface area contributed by atoms with Crippen molar-refractivity contribution >= 4 is 82.5 Å². The van der Waals surface area contributed by atoms with Crippen LogP contribution in [0.25, 0.3) is 76.7 Å². The molecule has 10 aromatic rings. The topological polar surface area (TPSA) is 42.7 Å². The van der Waals surface area contributed by atoms with Crippen molar-refractivity contribution in [3.05, 3.63) is 152 Å². The summed E-state index contributed by atoms with van der Waals surface area (Å²) in [5, 5.41) is 8.97. The van der Waals surface area contributed by atoms with E-state index < -0.39 is 0 Å². The van der Waals surface area contributed by atoms with Crippen molar-refractivity contribution in [3.8, 4) is 11.3 Å². The Morgan fingerprint density at radius 3 is 1.78 bits per heavy atom. The van der Waals surface area contributed by atoms with Gasteiger partial charge < -0.3 is 18.2 Å². The summed E-state index contributed by atoms with van der Waals surface area (Å²) in [5.41, 5.74) is 7.49. The summed E-state index contributed by atoms with van der Waals surface area (Å²) in [6.45, 7) is 0. The van der Waals surface area contributed by atoms with Gasteiger partial charge in [0.1, 0.15) is 28.1 Å². The summed E-state index contributed by atoms with van der Waals surface area (Å²) in [5.74, 6) is 0.820. The summed E-state index contributed by atoms with van der Waals surface area (Å²) in [6.07, 6.45) is 1.71. The third kappa shape index (κ3) is 3.61. The van der Waals surface area contributed by atoms with Crippen LogP contribution in [0.15, 0.2) is 165 Å². The van der Waals surface area contributed by atoms with E-state index in [1.54, 1.807) is 6.26 Å². The lowest BCUT2D eigenvalue weighted by molar-refractivity contribution is 0.582. The van der Waals surface area contributed by atoms with E-state index in [1.165, 1.54) is 16.2 Å². The minimum Gasteiger partial charge on any atom is -0.464 e. The highest BCUT2D eigenvalue weighted by atomic mass is 16.3. The first kappa shape index (κ1) is 25.1. The monoisotopic (exact) mass is 591 g/mol. The van der Waals surface area contributed by atoms with Crippen LogP contribution in [-0.2, 0) is 0 Å². The predicted molar refractivity (Wildman–Crippen MR) is 188 cm³/mol. The van der Waals surface area contributed by atoms with Gasteiger partial charge in [-0.3, -0.25) is 0 Å². The molecule has 7 aromatic carbocycles. The molecule has 0 radical (unpaired) electrons. The molecule has 3 heterocycles. The number of nitrogens with zero attached hydrogens (tertiary/aromatic N) is 1. The highest BCUT2D eigenvalue weighted by molar-refractivity contribution is 6.21. The highest BCUT2D eigenvalue weighted by Crippen LogP contribution is 2.49.